The maximum atomic E-state index is 11.8. The molecule has 1 aliphatic heterocycles. The normalized spacial score (nSPS) is 25.9. The number of hydrogen-bond acceptors (Lipinski definition) is 4. The van der Waals surface area contributed by atoms with Crippen LogP contribution in [-0.2, 0) is 14.3 Å². The van der Waals surface area contributed by atoms with Gasteiger partial charge in [0.15, 0.2) is 0 Å². The van der Waals surface area contributed by atoms with Crippen LogP contribution in [0.25, 0.3) is 0 Å². The first kappa shape index (κ1) is 13.9. The van der Waals surface area contributed by atoms with Gasteiger partial charge < -0.3 is 20.5 Å². The summed E-state index contributed by atoms with van der Waals surface area (Å²) in [4.78, 5) is 22.8. The molecular weight excluding hydrogens is 224 g/mol. The van der Waals surface area contributed by atoms with E-state index in [4.69, 9.17) is 9.84 Å². The van der Waals surface area contributed by atoms with Crippen LogP contribution in [0.2, 0.25) is 0 Å². The molecule has 1 saturated heterocycles. The van der Waals surface area contributed by atoms with Crippen molar-refractivity contribution in [3.8, 4) is 0 Å². The summed E-state index contributed by atoms with van der Waals surface area (Å²) < 4.78 is 5.13. The molecule has 17 heavy (non-hydrogen) atoms. The van der Waals surface area contributed by atoms with E-state index < -0.39 is 12.0 Å². The topological polar surface area (TPSA) is 87.7 Å². The molecule has 0 bridgehead atoms. The molecule has 3 unspecified atom stereocenters. The van der Waals surface area contributed by atoms with Crippen LogP contribution < -0.4 is 10.6 Å². The van der Waals surface area contributed by atoms with E-state index in [0.717, 1.165) is 0 Å². The molecule has 3 N–H and O–H groups in total. The second-order valence-electron chi connectivity index (χ2n) is 4.62. The number of carboxylic acids is 1. The zero-order valence-electron chi connectivity index (χ0n) is 10.4. The number of amides is 1. The van der Waals surface area contributed by atoms with Crippen molar-refractivity contribution in [3.05, 3.63) is 0 Å². The molecule has 1 fully saturated rings. The molecule has 0 spiro atoms. The molecule has 0 saturated carbocycles. The number of methoxy groups -OCH3 is 1. The summed E-state index contributed by atoms with van der Waals surface area (Å²) in [5.41, 5.74) is 0. The Morgan fingerprint density at radius 2 is 2.12 bits per heavy atom. The molecule has 6 nitrogen and oxygen atoms in total. The maximum Gasteiger partial charge on any atom is 0.326 e. The third-order valence-corrected chi connectivity index (χ3v) is 2.97. The van der Waals surface area contributed by atoms with Crippen molar-refractivity contribution in [3.63, 3.8) is 0 Å². The average molecular weight is 244 g/mol. The highest BCUT2D eigenvalue weighted by atomic mass is 16.5. The van der Waals surface area contributed by atoms with E-state index in [9.17, 15) is 9.59 Å². The van der Waals surface area contributed by atoms with Crippen LogP contribution >= 0.6 is 0 Å². The third kappa shape index (κ3) is 3.67. The van der Waals surface area contributed by atoms with Gasteiger partial charge in [0.05, 0.1) is 12.1 Å². The lowest BCUT2D eigenvalue weighted by molar-refractivity contribution is -0.143. The van der Waals surface area contributed by atoms with Crippen LogP contribution in [0.1, 0.15) is 20.3 Å². The van der Waals surface area contributed by atoms with Gasteiger partial charge in [-0.25, -0.2) is 4.79 Å². The summed E-state index contributed by atoms with van der Waals surface area (Å²) in [5, 5.41) is 14.5. The summed E-state index contributed by atoms with van der Waals surface area (Å²) in [6, 6.07) is -1.20. The molecule has 1 aliphatic rings. The van der Waals surface area contributed by atoms with E-state index in [-0.39, 0.29) is 24.0 Å². The molecule has 0 aliphatic carbocycles. The second kappa shape index (κ2) is 5.97. The Balaban J connectivity index is 2.51. The first-order chi connectivity index (χ1) is 7.95. The molecular formula is C11H20N2O4. The summed E-state index contributed by atoms with van der Waals surface area (Å²) in [6.07, 6.45) is 0.598. The smallest absolute Gasteiger partial charge is 0.326 e. The Labute approximate surface area is 101 Å². The predicted molar refractivity (Wildman–Crippen MR) is 61.6 cm³/mol. The molecule has 1 heterocycles. The summed E-state index contributed by atoms with van der Waals surface area (Å²) >= 11 is 0. The molecule has 3 atom stereocenters. The van der Waals surface area contributed by atoms with Gasteiger partial charge in [-0.2, -0.15) is 0 Å². The van der Waals surface area contributed by atoms with Gasteiger partial charge in [0.1, 0.15) is 6.04 Å². The van der Waals surface area contributed by atoms with Gasteiger partial charge in [-0.15, -0.1) is 0 Å². The second-order valence-corrected chi connectivity index (χ2v) is 4.62. The minimum atomic E-state index is -1.00. The SMILES string of the molecule is COC1CNC(C(=O)NC(C(=O)O)C(C)C)C1. The van der Waals surface area contributed by atoms with Crippen molar-refractivity contribution in [2.24, 2.45) is 5.92 Å². The number of rotatable bonds is 5. The zero-order valence-corrected chi connectivity index (χ0v) is 10.4. The minimum Gasteiger partial charge on any atom is -0.480 e. The number of carbonyl (C=O) groups excluding carboxylic acids is 1. The van der Waals surface area contributed by atoms with E-state index in [1.54, 1.807) is 21.0 Å². The first-order valence-corrected chi connectivity index (χ1v) is 5.75. The summed E-state index contributed by atoms with van der Waals surface area (Å²) in [5.74, 6) is -1.42. The summed E-state index contributed by atoms with van der Waals surface area (Å²) in [7, 11) is 1.60. The van der Waals surface area contributed by atoms with Gasteiger partial charge in [-0.3, -0.25) is 4.79 Å². The van der Waals surface area contributed by atoms with Crippen molar-refractivity contribution in [1.82, 2.24) is 10.6 Å². The quantitative estimate of drug-likeness (QED) is 0.612. The van der Waals surface area contributed by atoms with E-state index in [1.165, 1.54) is 0 Å². The zero-order chi connectivity index (χ0) is 13.0. The number of hydrogen-bond donors (Lipinski definition) is 3. The Kier molecular flexibility index (Phi) is 4.89. The fourth-order valence-corrected chi connectivity index (χ4v) is 1.85. The molecule has 6 heteroatoms. The lowest BCUT2D eigenvalue weighted by atomic mass is 10.0. The van der Waals surface area contributed by atoms with Crippen molar-refractivity contribution in [1.29, 1.82) is 0 Å². The number of nitrogens with one attached hydrogen (secondary N) is 2. The largest absolute Gasteiger partial charge is 0.480 e. The highest BCUT2D eigenvalue weighted by molar-refractivity contribution is 5.87. The molecule has 0 aromatic rings. The fraction of sp³-hybridized carbons (Fsp3) is 0.818. The Morgan fingerprint density at radius 1 is 1.47 bits per heavy atom. The van der Waals surface area contributed by atoms with E-state index in [2.05, 4.69) is 10.6 Å². The molecule has 0 radical (unpaired) electrons. The molecule has 1 rings (SSSR count). The van der Waals surface area contributed by atoms with Gasteiger partial charge in [-0.05, 0) is 12.3 Å². The molecule has 0 aromatic heterocycles. The first-order valence-electron chi connectivity index (χ1n) is 5.75. The van der Waals surface area contributed by atoms with Crippen LogP contribution in [0.15, 0.2) is 0 Å². The highest BCUT2D eigenvalue weighted by Crippen LogP contribution is 2.10. The van der Waals surface area contributed by atoms with E-state index in [1.807, 2.05) is 0 Å². The monoisotopic (exact) mass is 244 g/mol. The molecule has 98 valence electrons. The van der Waals surface area contributed by atoms with Crippen LogP contribution in [0.3, 0.4) is 0 Å². The van der Waals surface area contributed by atoms with Gasteiger partial charge in [0.25, 0.3) is 0 Å². The van der Waals surface area contributed by atoms with Crippen LogP contribution in [0.5, 0.6) is 0 Å². The van der Waals surface area contributed by atoms with Crippen LogP contribution in [-0.4, -0.2) is 48.8 Å². The minimum absolute atomic E-state index is 0.0214. The number of carboxylic acid groups (broad SMARTS) is 1. The number of aliphatic carboxylic acids is 1. The Bertz CT molecular complexity index is 293. The lowest BCUT2D eigenvalue weighted by Gasteiger charge is -2.20. The van der Waals surface area contributed by atoms with Crippen molar-refractivity contribution in [2.75, 3.05) is 13.7 Å². The Morgan fingerprint density at radius 3 is 2.53 bits per heavy atom. The summed E-state index contributed by atoms with van der Waals surface area (Å²) in [6.45, 7) is 4.15. The van der Waals surface area contributed by atoms with Gasteiger partial charge in [0.2, 0.25) is 5.91 Å². The van der Waals surface area contributed by atoms with Gasteiger partial charge in [0, 0.05) is 13.7 Å². The fourth-order valence-electron chi connectivity index (χ4n) is 1.85. The maximum absolute atomic E-state index is 11.8. The van der Waals surface area contributed by atoms with E-state index in [0.29, 0.717) is 13.0 Å². The number of ether oxygens (including phenoxy) is 1. The third-order valence-electron chi connectivity index (χ3n) is 2.97. The van der Waals surface area contributed by atoms with Gasteiger partial charge >= 0.3 is 5.97 Å². The Hall–Kier alpha value is -1.14. The molecule has 1 amide bonds. The van der Waals surface area contributed by atoms with E-state index >= 15 is 0 Å². The van der Waals surface area contributed by atoms with Gasteiger partial charge in [-0.1, -0.05) is 13.8 Å². The van der Waals surface area contributed by atoms with Crippen molar-refractivity contribution < 1.29 is 19.4 Å². The van der Waals surface area contributed by atoms with Crippen LogP contribution in [0, 0.1) is 5.92 Å². The standard InChI is InChI=1S/C11H20N2O4/c1-6(2)9(11(15)16)13-10(14)8-4-7(17-3)5-12-8/h6-9,12H,4-5H2,1-3H3,(H,13,14)(H,15,16). The predicted octanol–water partition coefficient (Wildman–Crippen LogP) is -0.411. The molecule has 0 aromatic carbocycles. The van der Waals surface area contributed by atoms with Crippen LogP contribution in [0.4, 0.5) is 0 Å². The highest BCUT2D eigenvalue weighted by Gasteiger charge is 2.32. The van der Waals surface area contributed by atoms with Crippen molar-refractivity contribution in [2.45, 2.75) is 38.5 Å². The average Bonchev–Trinajstić information content (AvgIpc) is 2.73. The van der Waals surface area contributed by atoms with Crippen molar-refractivity contribution >= 4 is 11.9 Å². The number of carbonyl (C=O) groups is 2. The lowest BCUT2D eigenvalue weighted by Crippen LogP contribution is -2.50.